The number of allylic oxidation sites excluding steroid dienone is 7. The monoisotopic (exact) mass is 502 g/mol. The Labute approximate surface area is 206 Å². The Bertz CT molecular complexity index is 1200. The molecule has 4 rings (SSSR count). The van der Waals surface area contributed by atoms with Crippen molar-refractivity contribution in [2.24, 2.45) is 11.7 Å². The second kappa shape index (κ2) is 8.48. The van der Waals surface area contributed by atoms with E-state index in [9.17, 15) is 28.0 Å². The van der Waals surface area contributed by atoms with Crippen molar-refractivity contribution >= 4 is 29.1 Å². The molecule has 3 aliphatic carbocycles. The van der Waals surface area contributed by atoms with Crippen LogP contribution in [0, 0.1) is 17.2 Å². The lowest BCUT2D eigenvalue weighted by Gasteiger charge is -2.45. The first-order chi connectivity index (χ1) is 16.3. The van der Waals surface area contributed by atoms with Crippen LogP contribution in [-0.4, -0.2) is 44.0 Å². The standard InChI is InChI=1S/C25H25F3N4O2S/c1-15-12-16(5-7-20(30)33)4-6-19(15)31-22(35)32(21(34)24(31)9-3-10-24)23(2)11-8-17(14-29)18(13-23)25(26,27)28/h4-8,11,15H,3,9-10,12-13H2,1-2H3,(H2,30,33)/b7-5+. The second-order valence-corrected chi connectivity index (χ2v) is 10.1. The summed E-state index contributed by atoms with van der Waals surface area (Å²) in [6, 6.07) is 1.61. The van der Waals surface area contributed by atoms with Crippen LogP contribution in [0.15, 0.2) is 58.9 Å². The molecular formula is C25H25F3N4O2S. The molecule has 10 heteroatoms. The first-order valence-electron chi connectivity index (χ1n) is 11.3. The van der Waals surface area contributed by atoms with E-state index in [2.05, 4.69) is 0 Å². The highest BCUT2D eigenvalue weighted by molar-refractivity contribution is 7.80. The van der Waals surface area contributed by atoms with E-state index < -0.39 is 40.7 Å². The van der Waals surface area contributed by atoms with Crippen molar-refractivity contribution in [3.63, 3.8) is 0 Å². The minimum Gasteiger partial charge on any atom is -0.366 e. The fraction of sp³-hybridized carbons (Fsp3) is 0.440. The van der Waals surface area contributed by atoms with Crippen molar-refractivity contribution in [3.8, 4) is 6.07 Å². The number of primary amides is 1. The molecule has 1 heterocycles. The molecule has 1 spiro atoms. The number of nitrogens with zero attached hydrogens (tertiary/aromatic N) is 3. The molecule has 2 unspecified atom stereocenters. The number of halogens is 3. The Balaban J connectivity index is 1.73. The number of hydrogen-bond acceptors (Lipinski definition) is 4. The Morgan fingerprint density at radius 3 is 2.51 bits per heavy atom. The molecule has 2 fully saturated rings. The van der Waals surface area contributed by atoms with Crippen molar-refractivity contribution in [3.05, 3.63) is 58.9 Å². The van der Waals surface area contributed by atoms with Gasteiger partial charge in [-0.15, -0.1) is 0 Å². The summed E-state index contributed by atoms with van der Waals surface area (Å²) in [6.07, 6.45) is 6.49. The lowest BCUT2D eigenvalue weighted by molar-refractivity contribution is -0.140. The molecule has 2 N–H and O–H groups in total. The number of rotatable bonds is 4. The number of thiocarbonyl (C=S) groups is 1. The molecule has 0 aromatic heterocycles. The van der Waals surface area contributed by atoms with E-state index in [0.717, 1.165) is 23.8 Å². The molecule has 0 aromatic carbocycles. The van der Waals surface area contributed by atoms with Crippen molar-refractivity contribution in [2.75, 3.05) is 0 Å². The van der Waals surface area contributed by atoms with E-state index >= 15 is 0 Å². The average Bonchev–Trinajstić information content (AvgIpc) is 2.99. The Hall–Kier alpha value is -3.19. The molecule has 2 amide bonds. The van der Waals surface area contributed by atoms with Gasteiger partial charge in [-0.1, -0.05) is 25.2 Å². The number of hydrogen-bond donors (Lipinski definition) is 1. The molecule has 1 saturated carbocycles. The van der Waals surface area contributed by atoms with Crippen LogP contribution in [0.5, 0.6) is 0 Å². The predicted octanol–water partition coefficient (Wildman–Crippen LogP) is 4.33. The van der Waals surface area contributed by atoms with Gasteiger partial charge in [0.1, 0.15) is 5.54 Å². The molecule has 1 saturated heterocycles. The molecular weight excluding hydrogens is 477 g/mol. The third-order valence-corrected chi connectivity index (χ3v) is 7.63. The minimum atomic E-state index is -4.70. The zero-order chi connectivity index (χ0) is 25.8. The van der Waals surface area contributed by atoms with Gasteiger partial charge in [-0.05, 0) is 62.6 Å². The highest BCUT2D eigenvalue weighted by Gasteiger charge is 2.63. The summed E-state index contributed by atoms with van der Waals surface area (Å²) in [4.78, 5) is 28.1. The number of nitrogens with two attached hydrogens (primary N) is 1. The maximum atomic E-state index is 13.8. The number of carbonyl (C=O) groups excluding carboxylic acids is 2. The van der Waals surface area contributed by atoms with Gasteiger partial charge in [0.2, 0.25) is 5.91 Å². The SMILES string of the molecule is CC1CC(/C=C/C(N)=O)=CC=C1N1C(=S)N(C2(C)C=CC(C#N)=C(C(F)(F)F)C2)C(=O)C12CCC2. The second-order valence-electron chi connectivity index (χ2n) is 9.69. The summed E-state index contributed by atoms with van der Waals surface area (Å²) in [5.41, 5.74) is 3.20. The molecule has 2 atom stereocenters. The van der Waals surface area contributed by atoms with Crippen molar-refractivity contribution < 1.29 is 22.8 Å². The fourth-order valence-corrected chi connectivity index (χ4v) is 5.88. The molecule has 184 valence electrons. The number of amides is 2. The Morgan fingerprint density at radius 1 is 1.31 bits per heavy atom. The molecule has 6 nitrogen and oxygen atoms in total. The van der Waals surface area contributed by atoms with E-state index in [0.29, 0.717) is 19.3 Å². The third-order valence-electron chi connectivity index (χ3n) is 7.27. The topological polar surface area (TPSA) is 90.4 Å². The first kappa shape index (κ1) is 24.9. The maximum Gasteiger partial charge on any atom is 0.414 e. The zero-order valence-corrected chi connectivity index (χ0v) is 20.2. The van der Waals surface area contributed by atoms with Gasteiger partial charge in [0.05, 0.1) is 22.8 Å². The normalized spacial score (nSPS) is 28.4. The van der Waals surface area contributed by atoms with E-state index in [4.69, 9.17) is 18.0 Å². The van der Waals surface area contributed by atoms with E-state index in [-0.39, 0.29) is 16.9 Å². The fourth-order valence-electron chi connectivity index (χ4n) is 5.31. The highest BCUT2D eigenvalue weighted by Crippen LogP contribution is 2.52. The van der Waals surface area contributed by atoms with Gasteiger partial charge < -0.3 is 10.6 Å². The van der Waals surface area contributed by atoms with Crippen LogP contribution in [-0.2, 0) is 9.59 Å². The molecule has 35 heavy (non-hydrogen) atoms. The number of nitriles is 1. The average molecular weight is 503 g/mol. The van der Waals surface area contributed by atoms with Gasteiger partial charge in [0, 0.05) is 24.1 Å². The molecule has 0 bridgehead atoms. The maximum absolute atomic E-state index is 13.8. The van der Waals surface area contributed by atoms with Crippen molar-refractivity contribution in [2.45, 2.75) is 63.2 Å². The van der Waals surface area contributed by atoms with Gasteiger partial charge in [-0.3, -0.25) is 14.5 Å². The Kier molecular flexibility index (Phi) is 6.04. The summed E-state index contributed by atoms with van der Waals surface area (Å²) in [7, 11) is 0. The van der Waals surface area contributed by atoms with E-state index in [1.807, 2.05) is 24.0 Å². The van der Waals surface area contributed by atoms with Crippen LogP contribution in [0.1, 0.15) is 46.0 Å². The van der Waals surface area contributed by atoms with E-state index in [1.165, 1.54) is 17.1 Å². The van der Waals surface area contributed by atoms with Crippen molar-refractivity contribution in [1.29, 1.82) is 5.26 Å². The van der Waals surface area contributed by atoms with Crippen LogP contribution in [0.2, 0.25) is 0 Å². The van der Waals surface area contributed by atoms with Crippen LogP contribution in [0.25, 0.3) is 0 Å². The molecule has 4 aliphatic rings. The summed E-state index contributed by atoms with van der Waals surface area (Å²) in [5, 5.41) is 9.38. The number of alkyl halides is 3. The van der Waals surface area contributed by atoms with Crippen molar-refractivity contribution in [1.82, 2.24) is 9.80 Å². The van der Waals surface area contributed by atoms with Gasteiger partial charge in [0.15, 0.2) is 5.11 Å². The van der Waals surface area contributed by atoms with Crippen LogP contribution in [0.4, 0.5) is 13.2 Å². The van der Waals surface area contributed by atoms with Gasteiger partial charge in [-0.25, -0.2) is 0 Å². The summed E-state index contributed by atoms with van der Waals surface area (Å²) < 4.78 is 41.3. The van der Waals surface area contributed by atoms with Gasteiger partial charge >= 0.3 is 6.18 Å². The Morgan fingerprint density at radius 2 is 2.00 bits per heavy atom. The molecule has 0 radical (unpaired) electrons. The van der Waals surface area contributed by atoms with Crippen LogP contribution >= 0.6 is 12.2 Å². The summed E-state index contributed by atoms with van der Waals surface area (Å²) in [6.45, 7) is 3.53. The molecule has 1 aliphatic heterocycles. The first-order valence-corrected chi connectivity index (χ1v) is 11.7. The minimum absolute atomic E-state index is 0.0544. The highest BCUT2D eigenvalue weighted by atomic mass is 32.1. The summed E-state index contributed by atoms with van der Waals surface area (Å²) >= 11 is 5.78. The lowest BCUT2D eigenvalue weighted by Crippen LogP contribution is -2.56. The largest absolute Gasteiger partial charge is 0.414 e. The quantitative estimate of drug-likeness (QED) is 0.457. The summed E-state index contributed by atoms with van der Waals surface area (Å²) in [5.74, 6) is -0.912. The predicted molar refractivity (Wildman–Crippen MR) is 127 cm³/mol. The van der Waals surface area contributed by atoms with Crippen LogP contribution in [0.3, 0.4) is 0 Å². The third kappa shape index (κ3) is 4.01. The smallest absolute Gasteiger partial charge is 0.366 e. The number of carbonyl (C=O) groups is 2. The van der Waals surface area contributed by atoms with Gasteiger partial charge in [-0.2, -0.15) is 18.4 Å². The van der Waals surface area contributed by atoms with E-state index in [1.54, 1.807) is 19.1 Å². The molecule has 0 aromatic rings. The lowest BCUT2D eigenvalue weighted by atomic mass is 9.73. The zero-order valence-electron chi connectivity index (χ0n) is 19.4. The van der Waals surface area contributed by atoms with Gasteiger partial charge in [0.25, 0.3) is 5.91 Å². The van der Waals surface area contributed by atoms with Crippen LogP contribution < -0.4 is 5.73 Å².